The summed E-state index contributed by atoms with van der Waals surface area (Å²) in [4.78, 5) is 25.1. The first-order valence-electron chi connectivity index (χ1n) is 8.29. The van der Waals surface area contributed by atoms with Crippen molar-refractivity contribution >= 4 is 11.9 Å². The van der Waals surface area contributed by atoms with Crippen LogP contribution in [0.25, 0.3) is 0 Å². The Morgan fingerprint density at radius 2 is 1.96 bits per heavy atom. The minimum Gasteiger partial charge on any atom is -0.480 e. The van der Waals surface area contributed by atoms with Gasteiger partial charge in [-0.1, -0.05) is 30.3 Å². The van der Waals surface area contributed by atoms with Crippen molar-refractivity contribution in [3.63, 3.8) is 0 Å². The molecule has 0 bridgehead atoms. The van der Waals surface area contributed by atoms with Crippen molar-refractivity contribution < 1.29 is 24.2 Å². The monoisotopic (exact) mass is 335 g/mol. The van der Waals surface area contributed by atoms with Gasteiger partial charge in [-0.05, 0) is 18.4 Å². The molecule has 0 aliphatic carbocycles. The molecule has 0 saturated carbocycles. The smallest absolute Gasteiger partial charge is 0.326 e. The molecule has 1 saturated heterocycles. The summed E-state index contributed by atoms with van der Waals surface area (Å²) in [5, 5.41) is 9.44. The normalized spacial score (nSPS) is 16.5. The highest BCUT2D eigenvalue weighted by molar-refractivity contribution is 5.83. The highest BCUT2D eigenvalue weighted by Crippen LogP contribution is 2.12. The highest BCUT2D eigenvalue weighted by Gasteiger charge is 2.26. The Labute approximate surface area is 142 Å². The van der Waals surface area contributed by atoms with Crippen LogP contribution in [0.2, 0.25) is 0 Å². The van der Waals surface area contributed by atoms with Gasteiger partial charge in [0.05, 0.1) is 19.1 Å². The van der Waals surface area contributed by atoms with Gasteiger partial charge in [-0.2, -0.15) is 0 Å². The second kappa shape index (κ2) is 9.39. The molecule has 1 aliphatic rings. The van der Waals surface area contributed by atoms with Crippen molar-refractivity contribution in [2.45, 2.75) is 37.8 Å². The second-order valence-electron chi connectivity index (χ2n) is 5.98. The van der Waals surface area contributed by atoms with E-state index >= 15 is 0 Å². The Hall–Kier alpha value is -1.92. The molecular weight excluding hydrogens is 310 g/mol. The molecule has 1 N–H and O–H groups in total. The minimum atomic E-state index is -1.000. The zero-order chi connectivity index (χ0) is 17.4. The maximum atomic E-state index is 12.3. The van der Waals surface area contributed by atoms with E-state index in [9.17, 15) is 14.7 Å². The Balaban J connectivity index is 1.82. The number of carbonyl (C=O) groups excluding carboxylic acids is 1. The van der Waals surface area contributed by atoms with Crippen molar-refractivity contribution in [2.75, 3.05) is 26.9 Å². The van der Waals surface area contributed by atoms with Crippen LogP contribution in [-0.4, -0.2) is 60.9 Å². The summed E-state index contributed by atoms with van der Waals surface area (Å²) >= 11 is 0. The van der Waals surface area contributed by atoms with Crippen molar-refractivity contribution in [2.24, 2.45) is 0 Å². The number of amides is 1. The number of hydrogen-bond acceptors (Lipinski definition) is 4. The molecule has 1 unspecified atom stereocenters. The first kappa shape index (κ1) is 18.4. The number of aliphatic carboxylic acids is 1. The predicted molar refractivity (Wildman–Crippen MR) is 88.7 cm³/mol. The number of hydrogen-bond donors (Lipinski definition) is 1. The summed E-state index contributed by atoms with van der Waals surface area (Å²) in [6.45, 7) is 1.69. The van der Waals surface area contributed by atoms with Crippen LogP contribution in [0.1, 0.15) is 24.8 Å². The quantitative estimate of drug-likeness (QED) is 0.783. The molecule has 0 radical (unpaired) electrons. The molecule has 0 aromatic heterocycles. The summed E-state index contributed by atoms with van der Waals surface area (Å²) < 4.78 is 10.9. The number of carbonyl (C=O) groups is 2. The van der Waals surface area contributed by atoms with E-state index in [1.165, 1.54) is 4.90 Å². The molecule has 1 heterocycles. The summed E-state index contributed by atoms with van der Waals surface area (Å²) in [7, 11) is 1.54. The van der Waals surface area contributed by atoms with Crippen molar-refractivity contribution in [3.05, 3.63) is 35.9 Å². The standard InChI is InChI=1S/C18H25NO5/c1-19(16(18(21)22)13-14-5-3-2-4-6-14)17(20)9-12-24-15-7-10-23-11-8-15/h2-6,15-16H,7-13H2,1H3,(H,21,22). The molecule has 132 valence electrons. The number of carboxylic acids is 1. The van der Waals surface area contributed by atoms with Gasteiger partial charge in [0.25, 0.3) is 0 Å². The number of rotatable bonds is 8. The average molecular weight is 335 g/mol. The SMILES string of the molecule is CN(C(=O)CCOC1CCOCC1)C(Cc1ccccc1)C(=O)O. The zero-order valence-electron chi connectivity index (χ0n) is 14.0. The molecule has 1 aromatic carbocycles. The van der Waals surface area contributed by atoms with Gasteiger partial charge in [-0.25, -0.2) is 4.79 Å². The van der Waals surface area contributed by atoms with Crippen LogP contribution in [0.4, 0.5) is 0 Å². The van der Waals surface area contributed by atoms with Crippen LogP contribution < -0.4 is 0 Å². The van der Waals surface area contributed by atoms with E-state index < -0.39 is 12.0 Å². The Morgan fingerprint density at radius 3 is 2.58 bits per heavy atom. The topological polar surface area (TPSA) is 76.1 Å². The lowest BCUT2D eigenvalue weighted by molar-refractivity contribution is -0.149. The van der Waals surface area contributed by atoms with Gasteiger partial charge in [-0.15, -0.1) is 0 Å². The third-order valence-electron chi connectivity index (χ3n) is 4.26. The van der Waals surface area contributed by atoms with Crippen LogP contribution in [-0.2, 0) is 25.5 Å². The number of nitrogens with zero attached hydrogens (tertiary/aromatic N) is 1. The first-order chi connectivity index (χ1) is 11.6. The van der Waals surface area contributed by atoms with E-state index in [0.717, 1.165) is 18.4 Å². The summed E-state index contributed by atoms with van der Waals surface area (Å²) in [6, 6.07) is 8.45. The molecule has 2 rings (SSSR count). The van der Waals surface area contributed by atoms with E-state index in [1.54, 1.807) is 7.05 Å². The minimum absolute atomic E-state index is 0.136. The number of ether oxygens (including phenoxy) is 2. The fourth-order valence-electron chi connectivity index (χ4n) is 2.73. The molecule has 1 aliphatic heterocycles. The van der Waals surface area contributed by atoms with E-state index in [1.807, 2.05) is 30.3 Å². The molecule has 6 nitrogen and oxygen atoms in total. The molecule has 1 amide bonds. The van der Waals surface area contributed by atoms with E-state index in [0.29, 0.717) is 26.2 Å². The van der Waals surface area contributed by atoms with Crippen LogP contribution in [0.15, 0.2) is 30.3 Å². The predicted octanol–water partition coefficient (Wildman–Crippen LogP) is 1.73. The van der Waals surface area contributed by atoms with Crippen molar-refractivity contribution in [1.82, 2.24) is 4.90 Å². The Kier molecular flexibility index (Phi) is 7.21. The maximum Gasteiger partial charge on any atom is 0.326 e. The number of benzene rings is 1. The van der Waals surface area contributed by atoms with Gasteiger partial charge >= 0.3 is 5.97 Å². The van der Waals surface area contributed by atoms with Crippen molar-refractivity contribution in [3.8, 4) is 0 Å². The fourth-order valence-corrected chi connectivity index (χ4v) is 2.73. The Morgan fingerprint density at radius 1 is 1.29 bits per heavy atom. The van der Waals surface area contributed by atoms with Gasteiger partial charge in [0.15, 0.2) is 0 Å². The molecule has 24 heavy (non-hydrogen) atoms. The van der Waals surface area contributed by atoms with E-state index in [-0.39, 0.29) is 18.4 Å². The summed E-state index contributed by atoms with van der Waals surface area (Å²) in [5.41, 5.74) is 0.892. The van der Waals surface area contributed by atoms with Gasteiger partial charge in [0, 0.05) is 26.7 Å². The molecule has 1 aromatic rings. The van der Waals surface area contributed by atoms with Crippen LogP contribution in [0.5, 0.6) is 0 Å². The zero-order valence-corrected chi connectivity index (χ0v) is 14.0. The molecule has 1 fully saturated rings. The Bertz CT molecular complexity index is 527. The highest BCUT2D eigenvalue weighted by atomic mass is 16.5. The third-order valence-corrected chi connectivity index (χ3v) is 4.26. The second-order valence-corrected chi connectivity index (χ2v) is 5.98. The van der Waals surface area contributed by atoms with E-state index in [2.05, 4.69) is 0 Å². The lowest BCUT2D eigenvalue weighted by Gasteiger charge is -2.26. The number of carboxylic acid groups (broad SMARTS) is 1. The average Bonchev–Trinajstić information content (AvgIpc) is 2.60. The van der Waals surface area contributed by atoms with E-state index in [4.69, 9.17) is 9.47 Å². The first-order valence-corrected chi connectivity index (χ1v) is 8.29. The largest absolute Gasteiger partial charge is 0.480 e. The van der Waals surface area contributed by atoms with Crippen molar-refractivity contribution in [1.29, 1.82) is 0 Å². The van der Waals surface area contributed by atoms with Gasteiger partial charge in [0.2, 0.25) is 5.91 Å². The van der Waals surface area contributed by atoms with Crippen LogP contribution >= 0.6 is 0 Å². The summed E-state index contributed by atoms with van der Waals surface area (Å²) in [5.74, 6) is -1.22. The third kappa shape index (κ3) is 5.62. The van der Waals surface area contributed by atoms with Crippen LogP contribution in [0.3, 0.4) is 0 Å². The molecular formula is C18H25NO5. The summed E-state index contributed by atoms with van der Waals surface area (Å²) in [6.07, 6.45) is 2.30. The number of likely N-dealkylation sites (N-methyl/N-ethyl adjacent to an activating group) is 1. The fraction of sp³-hybridized carbons (Fsp3) is 0.556. The molecule has 0 spiro atoms. The van der Waals surface area contributed by atoms with Crippen LogP contribution in [0, 0.1) is 0 Å². The van der Waals surface area contributed by atoms with Gasteiger partial charge in [0.1, 0.15) is 6.04 Å². The molecule has 6 heteroatoms. The lowest BCUT2D eigenvalue weighted by atomic mass is 10.0. The van der Waals surface area contributed by atoms with Gasteiger partial charge in [-0.3, -0.25) is 4.79 Å². The maximum absolute atomic E-state index is 12.3. The molecule has 1 atom stereocenters. The lowest BCUT2D eigenvalue weighted by Crippen LogP contribution is -2.44. The van der Waals surface area contributed by atoms with Gasteiger partial charge < -0.3 is 19.5 Å².